The lowest BCUT2D eigenvalue weighted by atomic mass is 10.2. The Bertz CT molecular complexity index is 744. The van der Waals surface area contributed by atoms with Crippen molar-refractivity contribution in [3.8, 4) is 0 Å². The molecule has 0 saturated heterocycles. The van der Waals surface area contributed by atoms with Gasteiger partial charge < -0.3 is 4.74 Å². The third kappa shape index (κ3) is 2.30. The fourth-order valence-electron chi connectivity index (χ4n) is 2.32. The molecule has 0 unspecified atom stereocenters. The minimum atomic E-state index is -0.340. The number of fused-ring (bicyclic) bond motifs is 1. The molecule has 0 fully saturated rings. The molecule has 3 aromatic rings. The number of hydrogen-bond donors (Lipinski definition) is 0. The zero-order valence-electron chi connectivity index (χ0n) is 11.2. The Kier molecular flexibility index (Phi) is 3.25. The Labute approximate surface area is 117 Å². The maximum Gasteiger partial charge on any atom is 0.419 e. The van der Waals surface area contributed by atoms with Crippen LogP contribution in [0.4, 0.5) is 4.79 Å². The molecular weight excluding hydrogens is 250 g/mol. The van der Waals surface area contributed by atoms with Crippen molar-refractivity contribution in [1.82, 2.24) is 4.57 Å². The van der Waals surface area contributed by atoms with Crippen LogP contribution >= 0.6 is 0 Å². The van der Waals surface area contributed by atoms with E-state index in [1.54, 1.807) is 4.57 Å². The van der Waals surface area contributed by atoms with Crippen molar-refractivity contribution in [2.45, 2.75) is 13.5 Å². The fourth-order valence-corrected chi connectivity index (χ4v) is 2.32. The molecule has 0 aliphatic carbocycles. The predicted octanol–water partition coefficient (Wildman–Crippen LogP) is 4.13. The van der Waals surface area contributed by atoms with Crippen LogP contribution < -0.4 is 0 Å². The number of para-hydroxylation sites is 1. The zero-order chi connectivity index (χ0) is 13.9. The van der Waals surface area contributed by atoms with Crippen LogP contribution in [0.25, 0.3) is 10.9 Å². The highest BCUT2D eigenvalue weighted by atomic mass is 16.5. The summed E-state index contributed by atoms with van der Waals surface area (Å²) in [6, 6.07) is 19.5. The molecule has 1 heterocycles. The van der Waals surface area contributed by atoms with Gasteiger partial charge in [-0.15, -0.1) is 0 Å². The molecule has 0 atom stereocenters. The minimum absolute atomic E-state index is 0.283. The quantitative estimate of drug-likeness (QED) is 0.697. The van der Waals surface area contributed by atoms with Crippen molar-refractivity contribution >= 4 is 17.0 Å². The molecule has 0 bridgehead atoms. The van der Waals surface area contributed by atoms with Gasteiger partial charge in [-0.1, -0.05) is 48.5 Å². The fraction of sp³-hybridized carbons (Fsp3) is 0.118. The summed E-state index contributed by atoms with van der Waals surface area (Å²) >= 11 is 0. The van der Waals surface area contributed by atoms with Crippen LogP contribution in [0.3, 0.4) is 0 Å². The molecule has 0 spiro atoms. The highest BCUT2D eigenvalue weighted by Crippen LogP contribution is 2.19. The number of carbonyl (C=O) groups excluding carboxylic acids is 1. The topological polar surface area (TPSA) is 31.2 Å². The number of aromatic nitrogens is 1. The van der Waals surface area contributed by atoms with E-state index in [4.69, 9.17) is 4.74 Å². The van der Waals surface area contributed by atoms with Crippen molar-refractivity contribution in [3.05, 3.63) is 71.9 Å². The highest BCUT2D eigenvalue weighted by molar-refractivity contribution is 5.90. The monoisotopic (exact) mass is 265 g/mol. The first-order valence-electron chi connectivity index (χ1n) is 6.54. The average molecular weight is 265 g/mol. The first-order valence-corrected chi connectivity index (χ1v) is 6.54. The first kappa shape index (κ1) is 12.5. The number of nitrogens with zero attached hydrogens (tertiary/aromatic N) is 1. The molecule has 1 aromatic heterocycles. The summed E-state index contributed by atoms with van der Waals surface area (Å²) in [5, 5.41) is 1.04. The number of hydrogen-bond acceptors (Lipinski definition) is 2. The van der Waals surface area contributed by atoms with Crippen LogP contribution in [0.15, 0.2) is 60.7 Å². The number of ether oxygens (including phenoxy) is 1. The normalized spacial score (nSPS) is 10.7. The van der Waals surface area contributed by atoms with Gasteiger partial charge in [0.05, 0.1) is 5.52 Å². The van der Waals surface area contributed by atoms with Crippen LogP contribution in [0.1, 0.15) is 11.3 Å². The summed E-state index contributed by atoms with van der Waals surface area (Å²) in [5.41, 5.74) is 2.74. The van der Waals surface area contributed by atoms with Crippen molar-refractivity contribution in [2.75, 3.05) is 0 Å². The maximum atomic E-state index is 12.3. The molecule has 0 radical (unpaired) electrons. The van der Waals surface area contributed by atoms with Gasteiger partial charge in [-0.2, -0.15) is 0 Å². The van der Waals surface area contributed by atoms with Gasteiger partial charge in [-0.05, 0) is 24.6 Å². The van der Waals surface area contributed by atoms with Gasteiger partial charge in [0.15, 0.2) is 0 Å². The summed E-state index contributed by atoms with van der Waals surface area (Å²) in [6.07, 6.45) is -0.340. The van der Waals surface area contributed by atoms with E-state index < -0.39 is 0 Å². The smallest absolute Gasteiger partial charge is 0.419 e. The molecule has 100 valence electrons. The Morgan fingerprint density at radius 2 is 1.75 bits per heavy atom. The Morgan fingerprint density at radius 3 is 2.55 bits per heavy atom. The van der Waals surface area contributed by atoms with Gasteiger partial charge in [-0.3, -0.25) is 0 Å². The minimum Gasteiger partial charge on any atom is -0.444 e. The molecule has 3 nitrogen and oxygen atoms in total. The lowest BCUT2D eigenvalue weighted by Crippen LogP contribution is -2.14. The van der Waals surface area contributed by atoms with Gasteiger partial charge in [0.1, 0.15) is 6.61 Å². The Morgan fingerprint density at radius 1 is 1.05 bits per heavy atom. The van der Waals surface area contributed by atoms with Crippen LogP contribution in [-0.2, 0) is 11.3 Å². The van der Waals surface area contributed by atoms with Crippen LogP contribution in [0.2, 0.25) is 0 Å². The van der Waals surface area contributed by atoms with Crippen molar-refractivity contribution in [3.63, 3.8) is 0 Å². The molecule has 3 rings (SSSR count). The number of benzene rings is 2. The molecule has 0 N–H and O–H groups in total. The second kappa shape index (κ2) is 5.21. The molecule has 0 aliphatic heterocycles. The second-order valence-electron chi connectivity index (χ2n) is 4.72. The van der Waals surface area contributed by atoms with E-state index in [-0.39, 0.29) is 12.7 Å². The second-order valence-corrected chi connectivity index (χ2v) is 4.72. The molecule has 2 aromatic carbocycles. The lowest BCUT2D eigenvalue weighted by Gasteiger charge is -2.08. The number of rotatable bonds is 2. The molecule has 3 heteroatoms. The van der Waals surface area contributed by atoms with Gasteiger partial charge in [-0.25, -0.2) is 9.36 Å². The third-order valence-electron chi connectivity index (χ3n) is 3.28. The number of aryl methyl sites for hydroxylation is 1. The van der Waals surface area contributed by atoms with Crippen molar-refractivity contribution in [2.24, 2.45) is 0 Å². The largest absolute Gasteiger partial charge is 0.444 e. The van der Waals surface area contributed by atoms with E-state index in [1.165, 1.54) is 0 Å². The summed E-state index contributed by atoms with van der Waals surface area (Å²) in [5.74, 6) is 0. The van der Waals surface area contributed by atoms with Crippen LogP contribution in [0.5, 0.6) is 0 Å². The highest BCUT2D eigenvalue weighted by Gasteiger charge is 2.13. The van der Waals surface area contributed by atoms with E-state index >= 15 is 0 Å². The van der Waals surface area contributed by atoms with E-state index in [0.717, 1.165) is 22.2 Å². The van der Waals surface area contributed by atoms with Crippen molar-refractivity contribution < 1.29 is 9.53 Å². The molecule has 20 heavy (non-hydrogen) atoms. The van der Waals surface area contributed by atoms with E-state index in [2.05, 4.69) is 0 Å². The number of carbonyl (C=O) groups is 1. The average Bonchev–Trinajstić information content (AvgIpc) is 2.82. The summed E-state index contributed by atoms with van der Waals surface area (Å²) in [7, 11) is 0. The van der Waals surface area contributed by atoms with Crippen LogP contribution in [-0.4, -0.2) is 10.7 Å². The maximum absolute atomic E-state index is 12.3. The molecule has 0 saturated carbocycles. The lowest BCUT2D eigenvalue weighted by molar-refractivity contribution is 0.142. The zero-order valence-corrected chi connectivity index (χ0v) is 11.2. The van der Waals surface area contributed by atoms with E-state index in [1.807, 2.05) is 67.6 Å². The molecule has 0 amide bonds. The predicted molar refractivity (Wildman–Crippen MR) is 78.7 cm³/mol. The summed E-state index contributed by atoms with van der Waals surface area (Å²) in [6.45, 7) is 2.19. The van der Waals surface area contributed by atoms with Gasteiger partial charge in [0.25, 0.3) is 0 Å². The SMILES string of the molecule is Cc1cc2ccccc2n1C(=O)OCc1ccccc1. The van der Waals surface area contributed by atoms with Gasteiger partial charge in [0.2, 0.25) is 0 Å². The third-order valence-corrected chi connectivity index (χ3v) is 3.28. The Hall–Kier alpha value is -2.55. The standard InChI is InChI=1S/C17H15NO2/c1-13-11-15-9-5-6-10-16(15)18(13)17(19)20-12-14-7-3-2-4-8-14/h2-11H,12H2,1H3. The molecule has 0 aliphatic rings. The van der Waals surface area contributed by atoms with Crippen LogP contribution in [0, 0.1) is 6.92 Å². The Balaban J connectivity index is 1.84. The van der Waals surface area contributed by atoms with E-state index in [9.17, 15) is 4.79 Å². The summed E-state index contributed by atoms with van der Waals surface area (Å²) < 4.78 is 6.99. The van der Waals surface area contributed by atoms with Gasteiger partial charge in [0, 0.05) is 11.1 Å². The first-order chi connectivity index (χ1) is 9.75. The molecular formula is C17H15NO2. The van der Waals surface area contributed by atoms with E-state index in [0.29, 0.717) is 0 Å². The summed E-state index contributed by atoms with van der Waals surface area (Å²) in [4.78, 5) is 12.3. The van der Waals surface area contributed by atoms with Crippen molar-refractivity contribution in [1.29, 1.82) is 0 Å². The van der Waals surface area contributed by atoms with Gasteiger partial charge >= 0.3 is 6.09 Å².